The Hall–Kier alpha value is -2.60. The Morgan fingerprint density at radius 1 is 0.973 bits per heavy atom. The van der Waals surface area contributed by atoms with E-state index >= 15 is 0 Å². The number of alkyl halides is 3. The lowest BCUT2D eigenvalue weighted by Gasteiger charge is -2.42. The van der Waals surface area contributed by atoms with Gasteiger partial charge < -0.3 is 10.0 Å². The lowest BCUT2D eigenvalue weighted by molar-refractivity contribution is -0.258. The Labute approximate surface area is 218 Å². The first-order chi connectivity index (χ1) is 17.3. The van der Waals surface area contributed by atoms with Crippen molar-refractivity contribution in [2.24, 2.45) is 0 Å². The number of aliphatic hydroxyl groups is 1. The van der Waals surface area contributed by atoms with Crippen LogP contribution < -0.4 is 4.90 Å². The van der Waals surface area contributed by atoms with Crippen LogP contribution >= 0.6 is 12.6 Å². The fraction of sp³-hybridized carbons (Fsp3) is 0.308. The van der Waals surface area contributed by atoms with Gasteiger partial charge in [0.05, 0.1) is 4.90 Å². The number of piperazine rings is 1. The zero-order chi connectivity index (χ0) is 27.0. The molecule has 0 spiro atoms. The van der Waals surface area contributed by atoms with Gasteiger partial charge in [-0.1, -0.05) is 36.4 Å². The molecule has 1 aliphatic rings. The topological polar surface area (TPSA) is 60.9 Å². The number of hydrogen-bond donors (Lipinski definition) is 2. The molecule has 198 valence electrons. The van der Waals surface area contributed by atoms with E-state index in [1.54, 1.807) is 30.3 Å². The van der Waals surface area contributed by atoms with Crippen LogP contribution in [0.5, 0.6) is 0 Å². The van der Waals surface area contributed by atoms with Crippen LogP contribution in [-0.4, -0.2) is 49.7 Å². The summed E-state index contributed by atoms with van der Waals surface area (Å²) in [6, 6.07) is 17.3. The van der Waals surface area contributed by atoms with Crippen LogP contribution in [0.2, 0.25) is 0 Å². The summed E-state index contributed by atoms with van der Waals surface area (Å²) in [4.78, 5) is 2.34. The van der Waals surface area contributed by atoms with Gasteiger partial charge in [-0.25, -0.2) is 12.8 Å². The summed E-state index contributed by atoms with van der Waals surface area (Å²) in [5.74, 6) is -0.397. The monoisotopic (exact) mass is 554 g/mol. The fourth-order valence-corrected chi connectivity index (χ4v) is 6.47. The number of rotatable bonds is 6. The number of halogens is 4. The third-order valence-electron chi connectivity index (χ3n) is 6.63. The highest BCUT2D eigenvalue weighted by molar-refractivity contribution is 7.90. The summed E-state index contributed by atoms with van der Waals surface area (Å²) in [6.45, 7) is 1.22. The Morgan fingerprint density at radius 2 is 1.59 bits per heavy atom. The summed E-state index contributed by atoms with van der Waals surface area (Å²) < 4.78 is 81.5. The Balaban J connectivity index is 1.65. The van der Waals surface area contributed by atoms with E-state index in [4.69, 9.17) is 0 Å². The smallest absolute Gasteiger partial charge is 0.376 e. The number of anilines is 1. The maximum Gasteiger partial charge on any atom is 0.421 e. The van der Waals surface area contributed by atoms with Crippen molar-refractivity contribution in [1.82, 2.24) is 4.31 Å². The van der Waals surface area contributed by atoms with Crippen LogP contribution in [-0.2, 0) is 22.0 Å². The van der Waals surface area contributed by atoms with Gasteiger partial charge in [-0.3, -0.25) is 0 Å². The molecule has 1 aliphatic heterocycles. The van der Waals surface area contributed by atoms with Crippen molar-refractivity contribution in [2.45, 2.75) is 41.0 Å². The zero-order valence-corrected chi connectivity index (χ0v) is 21.6. The molecule has 1 saturated heterocycles. The van der Waals surface area contributed by atoms with Gasteiger partial charge in [-0.2, -0.15) is 17.5 Å². The lowest BCUT2D eigenvalue weighted by Crippen LogP contribution is -2.55. The van der Waals surface area contributed by atoms with Crippen molar-refractivity contribution in [3.8, 4) is 0 Å². The van der Waals surface area contributed by atoms with Crippen molar-refractivity contribution in [2.75, 3.05) is 24.5 Å². The van der Waals surface area contributed by atoms with Crippen molar-refractivity contribution in [3.63, 3.8) is 0 Å². The average molecular weight is 555 g/mol. The number of thiol groups is 1. The van der Waals surface area contributed by atoms with E-state index in [0.29, 0.717) is 23.9 Å². The third-order valence-corrected chi connectivity index (χ3v) is 9.09. The highest BCUT2D eigenvalue weighted by atomic mass is 32.2. The molecule has 3 aromatic rings. The average Bonchev–Trinajstić information content (AvgIpc) is 2.85. The molecule has 2 atom stereocenters. The molecular weight excluding hydrogens is 528 g/mol. The van der Waals surface area contributed by atoms with Gasteiger partial charge in [0, 0.05) is 36.3 Å². The summed E-state index contributed by atoms with van der Waals surface area (Å²) in [6.07, 6.45) is -4.47. The number of nitrogens with zero attached hydrogens (tertiary/aromatic N) is 2. The van der Waals surface area contributed by atoms with Gasteiger partial charge in [0.15, 0.2) is 5.60 Å². The highest BCUT2D eigenvalue weighted by Crippen LogP contribution is 2.39. The molecule has 37 heavy (non-hydrogen) atoms. The Bertz CT molecular complexity index is 1350. The Morgan fingerprint density at radius 3 is 2.19 bits per heavy atom. The maximum atomic E-state index is 13.5. The number of sulfonamides is 1. The van der Waals surface area contributed by atoms with Crippen LogP contribution in [0.4, 0.5) is 23.2 Å². The predicted molar refractivity (Wildman–Crippen MR) is 136 cm³/mol. The third kappa shape index (κ3) is 5.64. The minimum absolute atomic E-state index is 0.0889. The van der Waals surface area contributed by atoms with E-state index in [9.17, 15) is 31.1 Å². The molecular formula is C26H26F4N2O3S2. The summed E-state index contributed by atoms with van der Waals surface area (Å²) in [5, 5.41) is 10.00. The van der Waals surface area contributed by atoms with E-state index in [0.717, 1.165) is 5.56 Å². The van der Waals surface area contributed by atoms with Crippen LogP contribution in [0.15, 0.2) is 82.6 Å². The molecule has 4 rings (SSSR count). The molecule has 5 nitrogen and oxygen atoms in total. The van der Waals surface area contributed by atoms with Crippen molar-refractivity contribution in [3.05, 3.63) is 89.7 Å². The minimum Gasteiger partial charge on any atom is -0.376 e. The van der Waals surface area contributed by atoms with E-state index in [-0.39, 0.29) is 30.1 Å². The first-order valence-electron chi connectivity index (χ1n) is 11.5. The van der Waals surface area contributed by atoms with Crippen molar-refractivity contribution in [1.29, 1.82) is 0 Å². The van der Waals surface area contributed by atoms with Crippen LogP contribution in [0.3, 0.4) is 0 Å². The molecule has 0 amide bonds. The van der Waals surface area contributed by atoms with Crippen LogP contribution in [0, 0.1) is 5.82 Å². The second kappa shape index (κ2) is 10.3. The van der Waals surface area contributed by atoms with Crippen LogP contribution in [0.1, 0.15) is 18.1 Å². The molecule has 1 heterocycles. The molecule has 11 heteroatoms. The summed E-state index contributed by atoms with van der Waals surface area (Å²) in [7, 11) is -3.86. The standard InChI is InChI=1S/C26H26F4N2O3S2/c1-25(33,26(28,29)30)19-8-12-21(13-9-19)32-15-14-31(37(34,35)24-5-3-2-4-23(24)36)17-22(32)16-18-6-10-20(27)11-7-18/h2-13,22,33,36H,14-17H2,1H3. The van der Waals surface area contributed by atoms with Gasteiger partial charge in [-0.05, 0) is 60.9 Å². The maximum absolute atomic E-state index is 13.5. The largest absolute Gasteiger partial charge is 0.421 e. The molecule has 0 aliphatic carbocycles. The van der Waals surface area contributed by atoms with Gasteiger partial charge in [0.2, 0.25) is 10.0 Å². The van der Waals surface area contributed by atoms with Crippen molar-refractivity contribution < 1.29 is 31.1 Å². The Kier molecular flexibility index (Phi) is 7.62. The molecule has 3 aromatic carbocycles. The van der Waals surface area contributed by atoms with Crippen LogP contribution in [0.25, 0.3) is 0 Å². The van der Waals surface area contributed by atoms with E-state index in [1.807, 2.05) is 4.90 Å². The number of benzene rings is 3. The second-order valence-electron chi connectivity index (χ2n) is 9.13. The molecule has 2 unspecified atom stereocenters. The molecule has 0 saturated carbocycles. The van der Waals surface area contributed by atoms with E-state index in [2.05, 4.69) is 12.6 Å². The summed E-state index contributed by atoms with van der Waals surface area (Å²) in [5.41, 5.74) is -1.95. The predicted octanol–water partition coefficient (Wildman–Crippen LogP) is 5.01. The van der Waals surface area contributed by atoms with Gasteiger partial charge in [0.1, 0.15) is 5.82 Å². The second-order valence-corrected chi connectivity index (χ2v) is 11.5. The molecule has 1 N–H and O–H groups in total. The summed E-state index contributed by atoms with van der Waals surface area (Å²) >= 11 is 4.30. The highest BCUT2D eigenvalue weighted by Gasteiger charge is 2.51. The van der Waals surface area contributed by atoms with Gasteiger partial charge in [0.25, 0.3) is 0 Å². The molecule has 0 radical (unpaired) electrons. The quantitative estimate of drug-likeness (QED) is 0.333. The first kappa shape index (κ1) is 27.4. The fourth-order valence-electron chi connectivity index (χ4n) is 4.41. The number of hydrogen-bond acceptors (Lipinski definition) is 5. The lowest BCUT2D eigenvalue weighted by atomic mass is 9.94. The SMILES string of the molecule is CC(O)(c1ccc(N2CCN(S(=O)(=O)c3ccccc3S)CC2Cc2ccc(F)cc2)cc1)C(F)(F)F. The minimum atomic E-state index is -4.84. The van der Waals surface area contributed by atoms with E-state index in [1.165, 1.54) is 46.8 Å². The van der Waals surface area contributed by atoms with Crippen molar-refractivity contribution >= 4 is 28.3 Å². The van der Waals surface area contributed by atoms with Gasteiger partial charge >= 0.3 is 6.18 Å². The normalized spacial score (nSPS) is 19.0. The first-order valence-corrected chi connectivity index (χ1v) is 13.4. The molecule has 0 aromatic heterocycles. The van der Waals surface area contributed by atoms with Gasteiger partial charge in [-0.15, -0.1) is 12.6 Å². The molecule has 0 bridgehead atoms. The molecule has 1 fully saturated rings. The van der Waals surface area contributed by atoms with E-state index < -0.39 is 33.7 Å². The zero-order valence-electron chi connectivity index (χ0n) is 19.9.